The standard InChI is InChI=1S/C19H26N6O2.ClH/c1-12-17(20)13(2)23-18(22-12)27-19(4)10-15(24-14(3)26)7-9-25(19)16-6-5-8-21-11-16;/h5-6,8,11,15H,7,9-10,20H2,1-4H3,(H,24,26);1H. The predicted molar refractivity (Wildman–Crippen MR) is 111 cm³/mol. The first-order valence-corrected chi connectivity index (χ1v) is 9.03. The molecule has 0 bridgehead atoms. The van der Waals surface area contributed by atoms with Crippen molar-refractivity contribution in [2.24, 2.45) is 0 Å². The summed E-state index contributed by atoms with van der Waals surface area (Å²) in [5.74, 6) is -0.0485. The summed E-state index contributed by atoms with van der Waals surface area (Å²) in [5, 5.41) is 3.00. The molecule has 0 aliphatic carbocycles. The van der Waals surface area contributed by atoms with Crippen LogP contribution in [-0.2, 0) is 4.79 Å². The van der Waals surface area contributed by atoms with Gasteiger partial charge < -0.3 is 20.7 Å². The van der Waals surface area contributed by atoms with Crippen LogP contribution in [0.3, 0.4) is 0 Å². The molecule has 28 heavy (non-hydrogen) atoms. The molecule has 1 fully saturated rings. The van der Waals surface area contributed by atoms with Crippen molar-refractivity contribution in [1.82, 2.24) is 20.3 Å². The average Bonchev–Trinajstić information content (AvgIpc) is 2.59. The molecule has 1 aliphatic rings. The zero-order valence-electron chi connectivity index (χ0n) is 16.6. The van der Waals surface area contributed by atoms with Gasteiger partial charge in [0.15, 0.2) is 5.72 Å². The first-order valence-electron chi connectivity index (χ1n) is 9.03. The fourth-order valence-electron chi connectivity index (χ4n) is 3.55. The van der Waals surface area contributed by atoms with Crippen LogP contribution in [0.15, 0.2) is 24.5 Å². The van der Waals surface area contributed by atoms with E-state index < -0.39 is 5.72 Å². The van der Waals surface area contributed by atoms with Gasteiger partial charge in [0.2, 0.25) is 5.91 Å². The molecule has 0 saturated carbocycles. The van der Waals surface area contributed by atoms with Crippen molar-refractivity contribution in [3.05, 3.63) is 35.9 Å². The summed E-state index contributed by atoms with van der Waals surface area (Å²) < 4.78 is 6.31. The Balaban J connectivity index is 0.00000280. The van der Waals surface area contributed by atoms with Crippen LogP contribution in [0.1, 0.15) is 38.1 Å². The summed E-state index contributed by atoms with van der Waals surface area (Å²) in [6, 6.07) is 4.17. The summed E-state index contributed by atoms with van der Waals surface area (Å²) in [5.41, 5.74) is 8.10. The van der Waals surface area contributed by atoms with E-state index in [1.165, 1.54) is 6.92 Å². The minimum atomic E-state index is -0.747. The van der Waals surface area contributed by atoms with Gasteiger partial charge in [-0.25, -0.2) is 0 Å². The van der Waals surface area contributed by atoms with E-state index in [0.717, 1.165) is 12.1 Å². The molecule has 0 radical (unpaired) electrons. The zero-order chi connectivity index (χ0) is 19.6. The van der Waals surface area contributed by atoms with Gasteiger partial charge in [-0.15, -0.1) is 12.4 Å². The SMILES string of the molecule is CC(=O)NC1CCN(c2cccnc2)C(C)(Oc2nc(C)c(N)c(C)n2)C1.Cl. The third-order valence-corrected chi connectivity index (χ3v) is 4.88. The van der Waals surface area contributed by atoms with E-state index >= 15 is 0 Å². The molecule has 1 saturated heterocycles. The third-order valence-electron chi connectivity index (χ3n) is 4.88. The number of hydrogen-bond acceptors (Lipinski definition) is 7. The van der Waals surface area contributed by atoms with Crippen molar-refractivity contribution in [3.63, 3.8) is 0 Å². The molecule has 9 heteroatoms. The molecule has 152 valence electrons. The molecule has 3 heterocycles. The third kappa shape index (κ3) is 4.62. The largest absolute Gasteiger partial charge is 0.437 e. The highest BCUT2D eigenvalue weighted by Gasteiger charge is 2.42. The Hall–Kier alpha value is -2.61. The van der Waals surface area contributed by atoms with Crippen molar-refractivity contribution in [1.29, 1.82) is 0 Å². The Morgan fingerprint density at radius 2 is 2.04 bits per heavy atom. The minimum absolute atomic E-state index is 0. The van der Waals surface area contributed by atoms with Crippen LogP contribution < -0.4 is 20.7 Å². The molecule has 8 nitrogen and oxygen atoms in total. The second-order valence-corrected chi connectivity index (χ2v) is 7.12. The van der Waals surface area contributed by atoms with E-state index in [1.807, 2.05) is 32.9 Å². The number of nitrogen functional groups attached to an aromatic ring is 1. The molecule has 3 rings (SSSR count). The number of hydrogen-bond donors (Lipinski definition) is 2. The molecular weight excluding hydrogens is 380 g/mol. The molecule has 2 aromatic rings. The fourth-order valence-corrected chi connectivity index (χ4v) is 3.55. The van der Waals surface area contributed by atoms with Crippen LogP contribution in [0.5, 0.6) is 6.01 Å². The maximum absolute atomic E-state index is 11.5. The topological polar surface area (TPSA) is 106 Å². The Morgan fingerprint density at radius 3 is 2.61 bits per heavy atom. The summed E-state index contributed by atoms with van der Waals surface area (Å²) in [7, 11) is 0. The van der Waals surface area contributed by atoms with E-state index in [2.05, 4.69) is 25.2 Å². The maximum atomic E-state index is 11.5. The summed E-state index contributed by atoms with van der Waals surface area (Å²) in [6.07, 6.45) is 4.95. The predicted octanol–water partition coefficient (Wildman–Crippen LogP) is 2.39. The first kappa shape index (κ1) is 21.7. The van der Waals surface area contributed by atoms with Crippen molar-refractivity contribution in [2.45, 2.75) is 52.3 Å². The molecule has 2 unspecified atom stereocenters. The highest BCUT2D eigenvalue weighted by Crippen LogP contribution is 2.34. The number of anilines is 2. The van der Waals surface area contributed by atoms with Gasteiger partial charge in [-0.2, -0.15) is 9.97 Å². The Morgan fingerprint density at radius 1 is 1.36 bits per heavy atom. The monoisotopic (exact) mass is 406 g/mol. The summed E-state index contributed by atoms with van der Waals surface area (Å²) in [6.45, 7) is 7.89. The summed E-state index contributed by atoms with van der Waals surface area (Å²) in [4.78, 5) is 26.7. The number of aryl methyl sites for hydroxylation is 2. The zero-order valence-corrected chi connectivity index (χ0v) is 17.4. The quantitative estimate of drug-likeness (QED) is 0.802. The van der Waals surface area contributed by atoms with Crippen LogP contribution in [0.25, 0.3) is 0 Å². The van der Waals surface area contributed by atoms with Gasteiger partial charge in [-0.1, -0.05) is 0 Å². The van der Waals surface area contributed by atoms with Gasteiger partial charge >= 0.3 is 6.01 Å². The number of rotatable bonds is 4. The van der Waals surface area contributed by atoms with E-state index in [-0.39, 0.29) is 30.4 Å². The first-order chi connectivity index (χ1) is 12.8. The number of carbonyl (C=O) groups is 1. The van der Waals surface area contributed by atoms with Gasteiger partial charge in [0.25, 0.3) is 0 Å². The lowest BCUT2D eigenvalue weighted by Crippen LogP contribution is -2.60. The Bertz CT molecular complexity index is 811. The summed E-state index contributed by atoms with van der Waals surface area (Å²) >= 11 is 0. The minimum Gasteiger partial charge on any atom is -0.437 e. The van der Waals surface area contributed by atoms with Crippen molar-refractivity contribution >= 4 is 29.7 Å². The molecule has 0 spiro atoms. The maximum Gasteiger partial charge on any atom is 0.319 e. The second-order valence-electron chi connectivity index (χ2n) is 7.12. The van der Waals surface area contributed by atoms with Crippen LogP contribution in [-0.4, -0.2) is 39.2 Å². The van der Waals surface area contributed by atoms with Gasteiger partial charge in [0, 0.05) is 32.1 Å². The number of carbonyl (C=O) groups excluding carboxylic acids is 1. The number of amides is 1. The van der Waals surface area contributed by atoms with Crippen molar-refractivity contribution in [2.75, 3.05) is 17.2 Å². The average molecular weight is 407 g/mol. The Labute approximate surface area is 171 Å². The normalized spacial score (nSPS) is 21.6. The van der Waals surface area contributed by atoms with E-state index in [0.29, 0.717) is 30.0 Å². The number of piperidine rings is 1. The van der Waals surface area contributed by atoms with Crippen LogP contribution in [0.2, 0.25) is 0 Å². The number of nitrogens with zero attached hydrogens (tertiary/aromatic N) is 4. The van der Waals surface area contributed by atoms with Crippen LogP contribution in [0.4, 0.5) is 11.4 Å². The van der Waals surface area contributed by atoms with E-state index in [9.17, 15) is 4.79 Å². The van der Waals surface area contributed by atoms with Gasteiger partial charge in [-0.3, -0.25) is 9.78 Å². The highest BCUT2D eigenvalue weighted by molar-refractivity contribution is 5.85. The van der Waals surface area contributed by atoms with Crippen molar-refractivity contribution < 1.29 is 9.53 Å². The van der Waals surface area contributed by atoms with Crippen LogP contribution >= 0.6 is 12.4 Å². The number of pyridine rings is 1. The van der Waals surface area contributed by atoms with Gasteiger partial charge in [-0.05, 0) is 39.3 Å². The number of nitrogens with one attached hydrogen (secondary N) is 1. The number of ether oxygens (including phenoxy) is 1. The molecular formula is C19H27ClN6O2. The van der Waals surface area contributed by atoms with E-state index in [1.54, 1.807) is 12.4 Å². The smallest absolute Gasteiger partial charge is 0.319 e. The van der Waals surface area contributed by atoms with Gasteiger partial charge in [0.1, 0.15) is 0 Å². The Kier molecular flexibility index (Phi) is 6.66. The lowest BCUT2D eigenvalue weighted by molar-refractivity contribution is -0.120. The molecule has 1 aliphatic heterocycles. The van der Waals surface area contributed by atoms with Crippen LogP contribution in [0, 0.1) is 13.8 Å². The number of nitrogens with two attached hydrogens (primary N) is 1. The number of aromatic nitrogens is 3. The lowest BCUT2D eigenvalue weighted by Gasteiger charge is -2.47. The molecule has 2 aromatic heterocycles. The number of halogens is 1. The van der Waals surface area contributed by atoms with E-state index in [4.69, 9.17) is 10.5 Å². The van der Waals surface area contributed by atoms with Crippen molar-refractivity contribution in [3.8, 4) is 6.01 Å². The second kappa shape index (κ2) is 8.60. The molecule has 3 N–H and O–H groups in total. The molecule has 1 amide bonds. The fraction of sp³-hybridized carbons (Fsp3) is 0.474. The van der Waals surface area contributed by atoms with Gasteiger partial charge in [0.05, 0.1) is 29.0 Å². The highest BCUT2D eigenvalue weighted by atomic mass is 35.5. The lowest BCUT2D eigenvalue weighted by atomic mass is 9.94. The molecule has 2 atom stereocenters. The molecule has 0 aromatic carbocycles.